The molecule has 4 nitrogen and oxygen atoms in total. The Kier molecular flexibility index (Phi) is 4.18. The molecule has 2 N–H and O–H groups in total. The van der Waals surface area contributed by atoms with Crippen LogP contribution in [-0.4, -0.2) is 34.3 Å². The quantitative estimate of drug-likeness (QED) is 0.864. The van der Waals surface area contributed by atoms with Gasteiger partial charge in [0.2, 0.25) is 0 Å². The minimum atomic E-state index is 0.459. The molecular weight excluding hydrogens is 212 g/mol. The summed E-state index contributed by atoms with van der Waals surface area (Å²) in [6.45, 7) is 8.37. The summed E-state index contributed by atoms with van der Waals surface area (Å²) in [6, 6.07) is 2.62. The van der Waals surface area contributed by atoms with Crippen LogP contribution in [0.2, 0.25) is 0 Å². The molecule has 4 heteroatoms. The lowest BCUT2D eigenvalue weighted by molar-refractivity contribution is 0.0951. The molecule has 0 amide bonds. The maximum atomic E-state index is 5.95. The molecule has 17 heavy (non-hydrogen) atoms. The van der Waals surface area contributed by atoms with E-state index in [0.29, 0.717) is 12.0 Å². The highest BCUT2D eigenvalue weighted by Crippen LogP contribution is 2.35. The van der Waals surface area contributed by atoms with Gasteiger partial charge in [-0.2, -0.15) is 5.10 Å². The number of aromatic nitrogens is 2. The molecular formula is C13H24N4. The van der Waals surface area contributed by atoms with Crippen LogP contribution in [0.4, 0.5) is 0 Å². The number of aryl methyl sites for hydroxylation is 1. The Labute approximate surface area is 104 Å². The maximum absolute atomic E-state index is 5.95. The summed E-state index contributed by atoms with van der Waals surface area (Å²) in [5.41, 5.74) is 7.29. The summed E-state index contributed by atoms with van der Waals surface area (Å²) in [6.07, 6.45) is 4.42. The van der Waals surface area contributed by atoms with E-state index in [-0.39, 0.29) is 0 Å². The molecule has 0 spiro atoms. The molecule has 1 aromatic rings. The van der Waals surface area contributed by atoms with Crippen LogP contribution in [0.3, 0.4) is 0 Å². The van der Waals surface area contributed by atoms with E-state index in [1.807, 2.05) is 6.20 Å². The van der Waals surface area contributed by atoms with Gasteiger partial charge >= 0.3 is 0 Å². The molecule has 1 aliphatic rings. The third kappa shape index (κ3) is 2.38. The maximum Gasteiger partial charge on any atom is 0.0559 e. The number of hydrogen-bond acceptors (Lipinski definition) is 3. The first-order valence-electron chi connectivity index (χ1n) is 6.77. The van der Waals surface area contributed by atoms with Crippen LogP contribution in [0.25, 0.3) is 0 Å². The number of rotatable bonds is 4. The Balaban J connectivity index is 2.29. The van der Waals surface area contributed by atoms with E-state index in [9.17, 15) is 0 Å². The van der Waals surface area contributed by atoms with E-state index in [1.54, 1.807) is 0 Å². The molecule has 2 heterocycles. The van der Waals surface area contributed by atoms with Gasteiger partial charge in [-0.05, 0) is 51.4 Å². The van der Waals surface area contributed by atoms with Gasteiger partial charge in [0.25, 0.3) is 0 Å². The standard InChI is InChI=1S/C13H24N4/c1-3-16-9-5-6-11(10-14)13(16)12-7-8-15-17(12)4-2/h7-8,11,13H,3-6,9-10,14H2,1-2H3. The van der Waals surface area contributed by atoms with Crippen LogP contribution in [0.15, 0.2) is 12.3 Å². The van der Waals surface area contributed by atoms with Crippen molar-refractivity contribution in [3.63, 3.8) is 0 Å². The smallest absolute Gasteiger partial charge is 0.0559 e. The first-order chi connectivity index (χ1) is 8.31. The number of likely N-dealkylation sites (tertiary alicyclic amines) is 1. The molecule has 2 unspecified atom stereocenters. The number of hydrogen-bond donors (Lipinski definition) is 1. The van der Waals surface area contributed by atoms with Gasteiger partial charge in [0, 0.05) is 12.7 Å². The summed E-state index contributed by atoms with van der Waals surface area (Å²) in [5, 5.41) is 4.40. The van der Waals surface area contributed by atoms with Gasteiger partial charge < -0.3 is 5.73 Å². The topological polar surface area (TPSA) is 47.1 Å². The third-order valence-electron chi connectivity index (χ3n) is 3.92. The van der Waals surface area contributed by atoms with Crippen molar-refractivity contribution in [2.45, 2.75) is 39.3 Å². The monoisotopic (exact) mass is 236 g/mol. The molecule has 0 saturated carbocycles. The zero-order valence-corrected chi connectivity index (χ0v) is 11.0. The highest BCUT2D eigenvalue weighted by Gasteiger charge is 2.32. The lowest BCUT2D eigenvalue weighted by Gasteiger charge is -2.40. The largest absolute Gasteiger partial charge is 0.330 e. The Morgan fingerprint density at radius 2 is 2.24 bits per heavy atom. The zero-order chi connectivity index (χ0) is 12.3. The van der Waals surface area contributed by atoms with Crippen LogP contribution >= 0.6 is 0 Å². The second kappa shape index (κ2) is 5.65. The van der Waals surface area contributed by atoms with E-state index in [2.05, 4.69) is 34.6 Å². The van der Waals surface area contributed by atoms with Gasteiger partial charge in [-0.25, -0.2) is 0 Å². The average Bonchev–Trinajstić information content (AvgIpc) is 2.85. The van der Waals surface area contributed by atoms with Crippen LogP contribution in [-0.2, 0) is 6.54 Å². The van der Waals surface area contributed by atoms with E-state index in [4.69, 9.17) is 5.73 Å². The molecule has 0 aliphatic carbocycles. The van der Waals surface area contributed by atoms with Gasteiger partial charge in [-0.3, -0.25) is 9.58 Å². The third-order valence-corrected chi connectivity index (χ3v) is 3.92. The molecule has 2 rings (SSSR count). The second-order valence-electron chi connectivity index (χ2n) is 4.78. The van der Waals surface area contributed by atoms with Crippen molar-refractivity contribution in [3.05, 3.63) is 18.0 Å². The van der Waals surface area contributed by atoms with Gasteiger partial charge in [0.15, 0.2) is 0 Å². The molecule has 0 bridgehead atoms. The minimum Gasteiger partial charge on any atom is -0.330 e. The van der Waals surface area contributed by atoms with E-state index < -0.39 is 0 Å². The van der Waals surface area contributed by atoms with E-state index in [1.165, 1.54) is 25.1 Å². The van der Waals surface area contributed by atoms with E-state index in [0.717, 1.165) is 19.6 Å². The first kappa shape index (κ1) is 12.6. The van der Waals surface area contributed by atoms with Crippen LogP contribution in [0, 0.1) is 5.92 Å². The van der Waals surface area contributed by atoms with Crippen molar-refractivity contribution in [2.75, 3.05) is 19.6 Å². The highest BCUT2D eigenvalue weighted by atomic mass is 15.3. The van der Waals surface area contributed by atoms with Crippen molar-refractivity contribution >= 4 is 0 Å². The first-order valence-corrected chi connectivity index (χ1v) is 6.77. The number of nitrogens with zero attached hydrogens (tertiary/aromatic N) is 3. The van der Waals surface area contributed by atoms with Gasteiger partial charge in [-0.15, -0.1) is 0 Å². The fourth-order valence-corrected chi connectivity index (χ4v) is 3.04. The molecule has 1 aliphatic heterocycles. The summed E-state index contributed by atoms with van der Waals surface area (Å²) < 4.78 is 2.11. The summed E-state index contributed by atoms with van der Waals surface area (Å²) in [4.78, 5) is 2.55. The predicted molar refractivity (Wildman–Crippen MR) is 69.7 cm³/mol. The molecule has 96 valence electrons. The summed E-state index contributed by atoms with van der Waals surface area (Å²) in [5.74, 6) is 0.575. The SMILES string of the molecule is CCN1CCCC(CN)C1c1ccnn1CC. The van der Waals surface area contributed by atoms with Crippen LogP contribution < -0.4 is 5.73 Å². The van der Waals surface area contributed by atoms with Crippen molar-refractivity contribution in [1.82, 2.24) is 14.7 Å². The lowest BCUT2D eigenvalue weighted by atomic mass is 9.87. The van der Waals surface area contributed by atoms with Crippen LogP contribution in [0.5, 0.6) is 0 Å². The Morgan fingerprint density at radius 3 is 2.88 bits per heavy atom. The summed E-state index contributed by atoms with van der Waals surface area (Å²) in [7, 11) is 0. The molecule has 2 atom stereocenters. The fraction of sp³-hybridized carbons (Fsp3) is 0.769. The Morgan fingerprint density at radius 1 is 1.41 bits per heavy atom. The normalized spacial score (nSPS) is 26.3. The van der Waals surface area contributed by atoms with Crippen molar-refractivity contribution in [3.8, 4) is 0 Å². The Hall–Kier alpha value is -0.870. The molecule has 0 radical (unpaired) electrons. The molecule has 0 aromatic carbocycles. The lowest BCUT2D eigenvalue weighted by Crippen LogP contribution is -2.42. The predicted octanol–water partition coefficient (Wildman–Crippen LogP) is 1.63. The van der Waals surface area contributed by atoms with Gasteiger partial charge in [-0.1, -0.05) is 6.92 Å². The number of piperidine rings is 1. The molecule has 1 aromatic heterocycles. The van der Waals surface area contributed by atoms with Crippen LogP contribution in [0.1, 0.15) is 38.4 Å². The van der Waals surface area contributed by atoms with Crippen molar-refractivity contribution in [1.29, 1.82) is 0 Å². The second-order valence-corrected chi connectivity index (χ2v) is 4.78. The van der Waals surface area contributed by atoms with Gasteiger partial charge in [0.1, 0.15) is 0 Å². The Bertz CT molecular complexity index is 335. The minimum absolute atomic E-state index is 0.459. The van der Waals surface area contributed by atoms with Crippen molar-refractivity contribution in [2.24, 2.45) is 11.7 Å². The average molecular weight is 236 g/mol. The molecule has 1 saturated heterocycles. The summed E-state index contributed by atoms with van der Waals surface area (Å²) >= 11 is 0. The number of nitrogens with two attached hydrogens (primary N) is 1. The van der Waals surface area contributed by atoms with Gasteiger partial charge in [0.05, 0.1) is 11.7 Å². The zero-order valence-electron chi connectivity index (χ0n) is 11.0. The highest BCUT2D eigenvalue weighted by molar-refractivity contribution is 5.10. The molecule has 1 fully saturated rings. The fourth-order valence-electron chi connectivity index (χ4n) is 3.04. The van der Waals surface area contributed by atoms with Crippen molar-refractivity contribution < 1.29 is 0 Å². The van der Waals surface area contributed by atoms with E-state index >= 15 is 0 Å².